The number of halogens is 1. The Bertz CT molecular complexity index is 630. The van der Waals surface area contributed by atoms with Gasteiger partial charge in [0.2, 0.25) is 0 Å². The molecule has 20 heavy (non-hydrogen) atoms. The van der Waals surface area contributed by atoms with E-state index in [9.17, 15) is 4.79 Å². The molecule has 5 nitrogen and oxygen atoms in total. The van der Waals surface area contributed by atoms with E-state index in [4.69, 9.17) is 18.6 Å². The topological polar surface area (TPSA) is 81.8 Å². The van der Waals surface area contributed by atoms with Crippen LogP contribution in [0.1, 0.15) is 0 Å². The first-order chi connectivity index (χ1) is 9.60. The van der Waals surface area contributed by atoms with E-state index in [0.717, 1.165) is 16.9 Å². The van der Waals surface area contributed by atoms with Gasteiger partial charge in [0.1, 0.15) is 11.5 Å². The lowest BCUT2D eigenvalue weighted by atomic mass is 10.0. The van der Waals surface area contributed by atoms with Crippen molar-refractivity contribution in [1.82, 2.24) is 0 Å². The minimum absolute atomic E-state index is 0.392. The maximum Gasteiger partial charge on any atom is 0.341 e. The van der Waals surface area contributed by atoms with Crippen LogP contribution in [0.15, 0.2) is 42.5 Å². The zero-order valence-corrected chi connectivity index (χ0v) is 12.5. The van der Waals surface area contributed by atoms with Crippen LogP contribution in [0.5, 0.6) is 11.5 Å². The quantitative estimate of drug-likeness (QED) is 0.611. The Labute approximate surface area is 130 Å². The van der Waals surface area contributed by atoms with Crippen LogP contribution in [-0.2, 0) is 4.79 Å². The third-order valence-electron chi connectivity index (χ3n) is 2.62. The van der Waals surface area contributed by atoms with Crippen LogP contribution in [0.4, 0.5) is 5.69 Å². The zero-order chi connectivity index (χ0) is 14.5. The van der Waals surface area contributed by atoms with E-state index in [1.165, 1.54) is 0 Å². The summed E-state index contributed by atoms with van der Waals surface area (Å²) in [5.41, 5.74) is 8.25. The number of benzene rings is 2. The lowest BCUT2D eigenvalue weighted by Crippen LogP contribution is -2.09. The Morgan fingerprint density at radius 1 is 1.20 bits per heavy atom. The van der Waals surface area contributed by atoms with Crippen molar-refractivity contribution in [3.8, 4) is 22.6 Å². The zero-order valence-electron chi connectivity index (χ0n) is 10.4. The molecule has 0 bridgehead atoms. The molecule has 0 amide bonds. The first-order valence-electron chi connectivity index (χ1n) is 5.73. The molecule has 0 unspecified atom stereocenters. The van der Waals surface area contributed by atoms with Crippen molar-refractivity contribution < 1.29 is 17.7 Å². The van der Waals surface area contributed by atoms with Gasteiger partial charge in [0.05, 0.1) is 0 Å². The number of hydrogen-bond acceptors (Lipinski definition) is 4. The van der Waals surface area contributed by atoms with Crippen LogP contribution in [0.3, 0.4) is 0 Å². The number of hydrogen-bond donors (Lipinski definition) is 2. The summed E-state index contributed by atoms with van der Waals surface area (Å²) in [6, 6.07) is 12.6. The SMILES string of the molecule is Nc1cc(OCC(=O)O)ccc1-c1cccc(OI)c1. The number of carboxylic acid groups (broad SMARTS) is 1. The summed E-state index contributed by atoms with van der Waals surface area (Å²) in [5, 5.41) is 8.56. The lowest BCUT2D eigenvalue weighted by molar-refractivity contribution is -0.139. The van der Waals surface area contributed by atoms with Gasteiger partial charge in [-0.2, -0.15) is 0 Å². The number of nitrogen functional groups attached to an aromatic ring is 1. The molecule has 3 N–H and O–H groups in total. The summed E-state index contributed by atoms with van der Waals surface area (Å²) in [6.07, 6.45) is 0. The van der Waals surface area contributed by atoms with Crippen LogP contribution in [0.25, 0.3) is 11.1 Å². The molecule has 104 valence electrons. The predicted octanol–water partition coefficient (Wildman–Crippen LogP) is 3.13. The van der Waals surface area contributed by atoms with E-state index < -0.39 is 12.6 Å². The van der Waals surface area contributed by atoms with Crippen LogP contribution < -0.4 is 13.5 Å². The van der Waals surface area contributed by atoms with Gasteiger partial charge in [0.15, 0.2) is 29.6 Å². The van der Waals surface area contributed by atoms with Gasteiger partial charge in [-0.25, -0.2) is 4.79 Å². The van der Waals surface area contributed by atoms with Crippen LogP contribution >= 0.6 is 23.0 Å². The monoisotopic (exact) mass is 385 g/mol. The number of carboxylic acids is 1. The van der Waals surface area contributed by atoms with Crippen molar-refractivity contribution in [2.24, 2.45) is 0 Å². The van der Waals surface area contributed by atoms with Gasteiger partial charge in [-0.05, 0) is 29.8 Å². The van der Waals surface area contributed by atoms with Gasteiger partial charge < -0.3 is 18.6 Å². The lowest BCUT2D eigenvalue weighted by Gasteiger charge is -2.09. The largest absolute Gasteiger partial charge is 0.482 e. The minimum atomic E-state index is -1.03. The third-order valence-corrected chi connectivity index (χ3v) is 3.13. The number of aliphatic carboxylic acids is 1. The second-order valence-electron chi connectivity index (χ2n) is 4.04. The summed E-state index contributed by atoms with van der Waals surface area (Å²) < 4.78 is 10.2. The molecule has 0 saturated heterocycles. The molecule has 0 aliphatic heterocycles. The Morgan fingerprint density at radius 3 is 2.65 bits per heavy atom. The molecular formula is C14H12INO4. The molecule has 6 heteroatoms. The molecule has 2 aromatic rings. The highest BCUT2D eigenvalue weighted by molar-refractivity contribution is 14.1. The fraction of sp³-hybridized carbons (Fsp3) is 0.0714. The summed E-state index contributed by atoms with van der Waals surface area (Å²) in [6.45, 7) is -0.392. The summed E-state index contributed by atoms with van der Waals surface area (Å²) in [7, 11) is 0. The normalized spacial score (nSPS) is 10.1. The Morgan fingerprint density at radius 2 is 2.00 bits per heavy atom. The maximum atomic E-state index is 10.4. The van der Waals surface area contributed by atoms with E-state index in [2.05, 4.69) is 0 Å². The first-order valence-corrected chi connectivity index (χ1v) is 6.61. The number of ether oxygens (including phenoxy) is 1. The van der Waals surface area contributed by atoms with E-state index in [-0.39, 0.29) is 0 Å². The number of nitrogens with two attached hydrogens (primary N) is 1. The fourth-order valence-corrected chi connectivity index (χ4v) is 2.02. The van der Waals surface area contributed by atoms with Crippen LogP contribution in [0, 0.1) is 0 Å². The highest BCUT2D eigenvalue weighted by Crippen LogP contribution is 2.31. The predicted molar refractivity (Wildman–Crippen MR) is 84.1 cm³/mol. The summed E-state index contributed by atoms with van der Waals surface area (Å²) >= 11 is 1.81. The Hall–Kier alpha value is -1.96. The van der Waals surface area contributed by atoms with Crippen molar-refractivity contribution >= 4 is 34.7 Å². The molecule has 0 radical (unpaired) electrons. The van der Waals surface area contributed by atoms with Gasteiger partial charge in [-0.15, -0.1) is 0 Å². The van der Waals surface area contributed by atoms with Crippen molar-refractivity contribution in [3.63, 3.8) is 0 Å². The summed E-state index contributed by atoms with van der Waals surface area (Å²) in [4.78, 5) is 10.4. The van der Waals surface area contributed by atoms with E-state index in [1.807, 2.05) is 47.3 Å². The molecule has 0 atom stereocenters. The Balaban J connectivity index is 2.26. The van der Waals surface area contributed by atoms with Crippen LogP contribution in [-0.4, -0.2) is 17.7 Å². The molecule has 0 heterocycles. The maximum absolute atomic E-state index is 10.4. The second-order valence-corrected chi connectivity index (χ2v) is 4.48. The molecule has 0 aromatic heterocycles. The Kier molecular flexibility index (Phi) is 4.67. The highest BCUT2D eigenvalue weighted by Gasteiger charge is 2.07. The molecule has 2 aromatic carbocycles. The average Bonchev–Trinajstić information content (AvgIpc) is 2.45. The van der Waals surface area contributed by atoms with Gasteiger partial charge in [0, 0.05) is 17.3 Å². The van der Waals surface area contributed by atoms with Gasteiger partial charge >= 0.3 is 5.97 Å². The van der Waals surface area contributed by atoms with E-state index >= 15 is 0 Å². The minimum Gasteiger partial charge on any atom is -0.482 e. The van der Waals surface area contributed by atoms with Gasteiger partial charge in [-0.1, -0.05) is 12.1 Å². The standard InChI is InChI=1S/C14H12INO4/c15-20-11-3-1-2-9(6-11)12-5-4-10(7-13(12)16)19-8-14(17)18/h1-7H,8,16H2,(H,17,18). The molecule has 0 saturated carbocycles. The number of anilines is 1. The van der Waals surface area contributed by atoms with Gasteiger partial charge in [-0.3, -0.25) is 0 Å². The van der Waals surface area contributed by atoms with E-state index in [0.29, 0.717) is 11.4 Å². The molecule has 0 aliphatic rings. The smallest absolute Gasteiger partial charge is 0.341 e. The van der Waals surface area contributed by atoms with E-state index in [1.54, 1.807) is 18.2 Å². The van der Waals surface area contributed by atoms with Crippen molar-refractivity contribution in [1.29, 1.82) is 0 Å². The number of rotatable bonds is 5. The molecule has 0 spiro atoms. The van der Waals surface area contributed by atoms with Crippen molar-refractivity contribution in [2.45, 2.75) is 0 Å². The third kappa shape index (κ3) is 3.53. The number of carbonyl (C=O) groups is 1. The first kappa shape index (κ1) is 14.4. The molecule has 0 aliphatic carbocycles. The second kappa shape index (κ2) is 6.47. The van der Waals surface area contributed by atoms with Crippen LogP contribution in [0.2, 0.25) is 0 Å². The average molecular weight is 385 g/mol. The highest BCUT2D eigenvalue weighted by atomic mass is 127. The molecule has 2 rings (SSSR count). The fourth-order valence-electron chi connectivity index (χ4n) is 1.75. The molecule has 0 fully saturated rings. The van der Waals surface area contributed by atoms with Crippen molar-refractivity contribution in [3.05, 3.63) is 42.5 Å². The van der Waals surface area contributed by atoms with Gasteiger partial charge in [0.25, 0.3) is 0 Å². The molecular weight excluding hydrogens is 373 g/mol. The summed E-state index contributed by atoms with van der Waals surface area (Å²) in [5.74, 6) is 0.128. The van der Waals surface area contributed by atoms with Crippen molar-refractivity contribution in [2.75, 3.05) is 12.3 Å².